The van der Waals surface area contributed by atoms with Crippen LogP contribution in [-0.2, 0) is 19.0 Å². The van der Waals surface area contributed by atoms with E-state index in [1.54, 1.807) is 50.4 Å². The Morgan fingerprint density at radius 2 is 1.89 bits per heavy atom. The molecular formula is C26H23ClF3N5O3. The van der Waals surface area contributed by atoms with E-state index in [0.717, 1.165) is 12.3 Å². The topological polar surface area (TPSA) is 104 Å². The third-order valence-electron chi connectivity index (χ3n) is 5.84. The number of nitrogens with zero attached hydrogens (tertiary/aromatic N) is 3. The predicted octanol–water partition coefficient (Wildman–Crippen LogP) is 5.29. The summed E-state index contributed by atoms with van der Waals surface area (Å²) >= 11 is 6.40. The summed E-state index contributed by atoms with van der Waals surface area (Å²) in [4.78, 5) is 32.2. The molecule has 2 heterocycles. The number of aryl methyl sites for hydroxylation is 1. The van der Waals surface area contributed by atoms with Gasteiger partial charge in [-0.25, -0.2) is 9.89 Å². The van der Waals surface area contributed by atoms with Crippen molar-refractivity contribution in [3.05, 3.63) is 92.9 Å². The van der Waals surface area contributed by atoms with Crippen molar-refractivity contribution in [2.24, 2.45) is 0 Å². The van der Waals surface area contributed by atoms with Crippen molar-refractivity contribution in [1.29, 1.82) is 0 Å². The van der Waals surface area contributed by atoms with Gasteiger partial charge in [-0.2, -0.15) is 18.3 Å². The second kappa shape index (κ2) is 11.1. The fraction of sp³-hybridized carbons (Fsp3) is 0.231. The second-order valence-electron chi connectivity index (χ2n) is 8.33. The first kappa shape index (κ1) is 26.9. The lowest BCUT2D eigenvalue weighted by molar-refractivity contribution is -0.141. The number of ether oxygens (including phenoxy) is 1. The van der Waals surface area contributed by atoms with Crippen LogP contribution in [0.5, 0.6) is 5.75 Å². The summed E-state index contributed by atoms with van der Waals surface area (Å²) < 4.78 is 45.4. The van der Waals surface area contributed by atoms with Gasteiger partial charge in [0, 0.05) is 41.4 Å². The van der Waals surface area contributed by atoms with Crippen LogP contribution >= 0.6 is 11.6 Å². The van der Waals surface area contributed by atoms with E-state index in [-0.39, 0.29) is 23.1 Å². The number of aromatic amines is 2. The minimum Gasteiger partial charge on any atom is -0.491 e. The Balaban J connectivity index is 1.59. The van der Waals surface area contributed by atoms with Gasteiger partial charge in [0.25, 0.3) is 5.91 Å². The van der Waals surface area contributed by atoms with Crippen LogP contribution in [0.2, 0.25) is 5.02 Å². The van der Waals surface area contributed by atoms with E-state index in [1.807, 2.05) is 0 Å². The first-order valence-electron chi connectivity index (χ1n) is 11.6. The molecule has 0 saturated carbocycles. The maximum atomic E-state index is 13.4. The maximum Gasteiger partial charge on any atom is 0.433 e. The lowest BCUT2D eigenvalue weighted by atomic mass is 9.97. The summed E-state index contributed by atoms with van der Waals surface area (Å²) in [5, 5.41) is 6.40. The molecule has 4 aromatic rings. The zero-order valence-corrected chi connectivity index (χ0v) is 21.2. The van der Waals surface area contributed by atoms with Gasteiger partial charge in [-0.05, 0) is 48.4 Å². The molecule has 12 heteroatoms. The normalized spacial score (nSPS) is 11.4. The van der Waals surface area contributed by atoms with Gasteiger partial charge in [0.2, 0.25) is 0 Å². The number of carbonyl (C=O) groups excluding carboxylic acids is 1. The van der Waals surface area contributed by atoms with Crippen LogP contribution in [0.1, 0.15) is 34.4 Å². The number of halogens is 4. The zero-order chi connectivity index (χ0) is 27.4. The molecule has 0 aliphatic heterocycles. The Bertz CT molecular complexity index is 1520. The zero-order valence-electron chi connectivity index (χ0n) is 20.4. The van der Waals surface area contributed by atoms with Gasteiger partial charge in [-0.3, -0.25) is 14.8 Å². The van der Waals surface area contributed by atoms with Crippen molar-refractivity contribution in [2.45, 2.75) is 25.9 Å². The number of para-hydroxylation sites is 2. The molecule has 0 bridgehead atoms. The van der Waals surface area contributed by atoms with Crippen molar-refractivity contribution in [3.63, 3.8) is 0 Å². The molecule has 0 fully saturated rings. The molecule has 38 heavy (non-hydrogen) atoms. The molecular weight excluding hydrogens is 523 g/mol. The molecule has 8 nitrogen and oxygen atoms in total. The summed E-state index contributed by atoms with van der Waals surface area (Å²) in [5.41, 5.74) is 0.601. The lowest BCUT2D eigenvalue weighted by Gasteiger charge is -2.21. The van der Waals surface area contributed by atoms with Crippen LogP contribution in [0.4, 0.5) is 18.9 Å². The minimum absolute atomic E-state index is 0.200. The molecule has 0 unspecified atom stereocenters. The molecule has 0 spiro atoms. The molecule has 0 aliphatic carbocycles. The molecule has 2 aromatic carbocycles. The Labute approximate surface area is 220 Å². The van der Waals surface area contributed by atoms with E-state index in [0.29, 0.717) is 46.8 Å². The van der Waals surface area contributed by atoms with Gasteiger partial charge >= 0.3 is 11.9 Å². The lowest BCUT2D eigenvalue weighted by Crippen LogP contribution is -2.27. The SMILES string of the molecule is CCc1cc(C(F)(F)F)ncc1-c1cc(C(=O)N(C)c2ccccc2OCCc2n[nH]c(=O)[nH]2)ccc1Cl. The van der Waals surface area contributed by atoms with Crippen molar-refractivity contribution in [2.75, 3.05) is 18.6 Å². The van der Waals surface area contributed by atoms with E-state index < -0.39 is 17.6 Å². The summed E-state index contributed by atoms with van der Waals surface area (Å²) in [5.74, 6) is 0.499. The van der Waals surface area contributed by atoms with E-state index in [9.17, 15) is 22.8 Å². The number of alkyl halides is 3. The van der Waals surface area contributed by atoms with Crippen LogP contribution < -0.4 is 15.3 Å². The summed E-state index contributed by atoms with van der Waals surface area (Å²) in [6.45, 7) is 1.93. The predicted molar refractivity (Wildman–Crippen MR) is 137 cm³/mol. The number of rotatable bonds is 8. The number of anilines is 1. The van der Waals surface area contributed by atoms with E-state index in [4.69, 9.17) is 16.3 Å². The Hall–Kier alpha value is -4.12. The standard InChI is InChI=1S/C26H23ClF3N5O3/c1-3-15-13-22(26(28,29)30)31-14-18(15)17-12-16(8-9-19(17)27)24(36)35(2)20-6-4-5-7-21(20)38-11-10-23-32-25(37)34-33-23/h4-9,12-14H,3,10-11H2,1-2H3,(H2,32,33,34,37). The smallest absolute Gasteiger partial charge is 0.433 e. The number of benzene rings is 2. The van der Waals surface area contributed by atoms with E-state index >= 15 is 0 Å². The number of aromatic nitrogens is 4. The molecule has 0 radical (unpaired) electrons. The Morgan fingerprint density at radius 3 is 2.58 bits per heavy atom. The van der Waals surface area contributed by atoms with Crippen LogP contribution in [-0.4, -0.2) is 39.7 Å². The quantitative estimate of drug-likeness (QED) is 0.313. The van der Waals surface area contributed by atoms with Crippen molar-refractivity contribution >= 4 is 23.2 Å². The number of hydrogen-bond donors (Lipinski definition) is 2. The molecule has 2 aromatic heterocycles. The molecule has 198 valence electrons. The maximum absolute atomic E-state index is 13.4. The number of carbonyl (C=O) groups is 1. The average molecular weight is 546 g/mol. The first-order chi connectivity index (χ1) is 18.1. The number of pyridine rings is 1. The van der Waals surface area contributed by atoms with Gasteiger partial charge < -0.3 is 9.64 Å². The Morgan fingerprint density at radius 1 is 1.13 bits per heavy atom. The van der Waals surface area contributed by atoms with Crippen LogP contribution in [0, 0.1) is 0 Å². The highest BCUT2D eigenvalue weighted by Gasteiger charge is 2.33. The monoisotopic (exact) mass is 545 g/mol. The van der Waals surface area contributed by atoms with Crippen molar-refractivity contribution in [1.82, 2.24) is 20.2 Å². The fourth-order valence-corrected chi connectivity index (χ4v) is 4.11. The van der Waals surface area contributed by atoms with Crippen LogP contribution in [0.25, 0.3) is 11.1 Å². The average Bonchev–Trinajstić information content (AvgIpc) is 3.32. The fourth-order valence-electron chi connectivity index (χ4n) is 3.89. The highest BCUT2D eigenvalue weighted by atomic mass is 35.5. The third-order valence-corrected chi connectivity index (χ3v) is 6.17. The van der Waals surface area contributed by atoms with Gasteiger partial charge in [-0.15, -0.1) is 0 Å². The minimum atomic E-state index is -4.57. The molecule has 4 rings (SSSR count). The van der Waals surface area contributed by atoms with Crippen LogP contribution in [0.3, 0.4) is 0 Å². The van der Waals surface area contributed by atoms with E-state index in [2.05, 4.69) is 20.2 Å². The Kier molecular flexibility index (Phi) is 7.86. The van der Waals surface area contributed by atoms with Gasteiger partial charge in [0.1, 0.15) is 17.3 Å². The number of hydrogen-bond acceptors (Lipinski definition) is 5. The van der Waals surface area contributed by atoms with Gasteiger partial charge in [-0.1, -0.05) is 30.7 Å². The molecule has 1 amide bonds. The highest BCUT2D eigenvalue weighted by molar-refractivity contribution is 6.33. The largest absolute Gasteiger partial charge is 0.491 e. The number of nitrogens with one attached hydrogen (secondary N) is 2. The molecule has 0 atom stereocenters. The van der Waals surface area contributed by atoms with Gasteiger partial charge in [0.15, 0.2) is 0 Å². The summed E-state index contributed by atoms with van der Waals surface area (Å²) in [6, 6.07) is 12.6. The van der Waals surface area contributed by atoms with Crippen molar-refractivity contribution in [3.8, 4) is 16.9 Å². The molecule has 0 saturated heterocycles. The third kappa shape index (κ3) is 5.88. The molecule has 2 N–H and O–H groups in total. The second-order valence-corrected chi connectivity index (χ2v) is 8.73. The number of amides is 1. The van der Waals surface area contributed by atoms with E-state index in [1.165, 1.54) is 11.0 Å². The highest BCUT2D eigenvalue weighted by Crippen LogP contribution is 2.36. The van der Waals surface area contributed by atoms with Gasteiger partial charge in [0.05, 0.1) is 12.3 Å². The summed E-state index contributed by atoms with van der Waals surface area (Å²) in [7, 11) is 1.58. The molecule has 0 aliphatic rings. The van der Waals surface area contributed by atoms with Crippen LogP contribution in [0.15, 0.2) is 59.5 Å². The first-order valence-corrected chi connectivity index (χ1v) is 12.0. The van der Waals surface area contributed by atoms with Crippen molar-refractivity contribution < 1.29 is 22.7 Å². The summed E-state index contributed by atoms with van der Waals surface area (Å²) in [6.07, 6.45) is -2.79. The number of H-pyrrole nitrogens is 2.